The highest BCUT2D eigenvalue weighted by Gasteiger charge is 2.46. The van der Waals surface area contributed by atoms with Gasteiger partial charge in [-0.1, -0.05) is 43.3 Å². The van der Waals surface area contributed by atoms with Crippen molar-refractivity contribution < 1.29 is 4.39 Å². The van der Waals surface area contributed by atoms with E-state index in [0.29, 0.717) is 35.2 Å². The zero-order valence-electron chi connectivity index (χ0n) is 58.4. The molecule has 518 valence electrons. The van der Waals surface area contributed by atoms with E-state index in [2.05, 4.69) is 190 Å². The molecule has 0 aliphatic carbocycles. The van der Waals surface area contributed by atoms with Gasteiger partial charge in [0.25, 0.3) is 0 Å². The smallest absolute Gasteiger partial charge is 0.185 e. The summed E-state index contributed by atoms with van der Waals surface area (Å²) in [6.45, 7) is 15.1. The lowest BCUT2D eigenvalue weighted by Crippen LogP contribution is -2.55. The van der Waals surface area contributed by atoms with E-state index >= 15 is 0 Å². The number of rotatable bonds is 12. The van der Waals surface area contributed by atoms with Crippen LogP contribution in [0.25, 0.3) is 85.0 Å². The van der Waals surface area contributed by atoms with Crippen LogP contribution in [-0.4, -0.2) is 143 Å². The number of imidazole rings is 2. The number of benzene rings is 5. The fraction of sp³-hybridized carbons (Fsp3) is 0.305. The Labute approximate surface area is 599 Å². The van der Waals surface area contributed by atoms with Crippen molar-refractivity contribution >= 4 is 17.2 Å². The Morgan fingerprint density at radius 1 is 0.612 bits per heavy atom. The molecule has 4 fully saturated rings. The van der Waals surface area contributed by atoms with Crippen LogP contribution in [0.3, 0.4) is 0 Å². The van der Waals surface area contributed by atoms with Gasteiger partial charge in [-0.25, -0.2) is 19.3 Å². The summed E-state index contributed by atoms with van der Waals surface area (Å²) in [4.78, 5) is 22.1. The van der Waals surface area contributed by atoms with Gasteiger partial charge in [-0.15, -0.1) is 10.2 Å². The first kappa shape index (κ1) is 65.1. The molecule has 0 bridgehead atoms. The van der Waals surface area contributed by atoms with E-state index < -0.39 is 0 Å². The van der Waals surface area contributed by atoms with Gasteiger partial charge < -0.3 is 49.7 Å². The van der Waals surface area contributed by atoms with Crippen LogP contribution >= 0.6 is 0 Å². The number of hydrogen-bond donors (Lipinski definition) is 4. The number of hydrogen-bond acceptors (Lipinski definition) is 14. The molecule has 7 aromatic heterocycles. The summed E-state index contributed by atoms with van der Waals surface area (Å²) in [5.74, 6) is 3.54. The number of anilines is 3. The van der Waals surface area contributed by atoms with Gasteiger partial charge in [0, 0.05) is 135 Å². The molecular weight excluding hydrogens is 1280 g/mol. The molecule has 4 N–H and O–H groups in total. The predicted molar refractivity (Wildman–Crippen MR) is 402 cm³/mol. The minimum absolute atomic E-state index is 0.224. The van der Waals surface area contributed by atoms with Gasteiger partial charge in [-0.2, -0.15) is 10.5 Å². The Bertz CT molecular complexity index is 5170. The Morgan fingerprint density at radius 3 is 1.90 bits per heavy atom. The molecule has 0 radical (unpaired) electrons. The first-order valence-electron chi connectivity index (χ1n) is 36.2. The second-order valence-electron chi connectivity index (χ2n) is 28.7. The molecule has 19 rings (SSSR count). The molecular formula is C82H83FN20. The summed E-state index contributed by atoms with van der Waals surface area (Å²) in [6.07, 6.45) is 21.2. The monoisotopic (exact) mass is 1370 g/mol. The highest BCUT2D eigenvalue weighted by molar-refractivity contribution is 5.76. The van der Waals surface area contributed by atoms with Gasteiger partial charge in [0.05, 0.1) is 81.5 Å². The average Bonchev–Trinajstić information content (AvgIpc) is 1.62. The van der Waals surface area contributed by atoms with E-state index in [9.17, 15) is 4.39 Å². The maximum atomic E-state index is 13.4. The third-order valence-corrected chi connectivity index (χ3v) is 21.7. The summed E-state index contributed by atoms with van der Waals surface area (Å²) < 4.78 is 26.7. The quantitative estimate of drug-likeness (QED) is 0.0900. The van der Waals surface area contributed by atoms with Crippen molar-refractivity contribution in [2.75, 3.05) is 88.1 Å². The number of likely N-dealkylation sites (tertiary alicyclic amines) is 1. The van der Waals surface area contributed by atoms with E-state index in [1.807, 2.05) is 92.6 Å². The Morgan fingerprint density at radius 2 is 1.24 bits per heavy atom. The van der Waals surface area contributed by atoms with Crippen LogP contribution in [0.5, 0.6) is 0 Å². The Hall–Kier alpha value is -11.2. The SMILES string of the molecule is CCCNC1CCN(c2ccc3c(c2)Cn2cc(-c4ccc(C#N)cc4)cc2-c2nncn2-3)CC1.CN1CC2(CCN(c3ccc4c(n3)Cn3cc(-c5ccc(F)cc5)cc3-c3nccn3-4)C2)C1.CNCc1cnc2n1-c1ccc(NC3CCNCC3)cc1Cn1cc(-c3ccc(C#N)cc3)cc1-2. The second-order valence-corrected chi connectivity index (χ2v) is 28.7. The highest BCUT2D eigenvalue weighted by Crippen LogP contribution is 2.43. The van der Waals surface area contributed by atoms with Gasteiger partial charge in [0.2, 0.25) is 0 Å². The summed E-state index contributed by atoms with van der Waals surface area (Å²) in [6, 6.07) is 52.1. The van der Waals surface area contributed by atoms with Crippen molar-refractivity contribution in [1.29, 1.82) is 10.5 Å². The summed E-state index contributed by atoms with van der Waals surface area (Å²) in [7, 11) is 4.17. The Kier molecular flexibility index (Phi) is 17.5. The number of pyridine rings is 1. The van der Waals surface area contributed by atoms with Crippen LogP contribution in [0.15, 0.2) is 183 Å². The topological polar surface area (TPSA) is 199 Å². The lowest BCUT2D eigenvalue weighted by atomic mass is 9.79. The number of halogens is 1. The molecule has 0 unspecified atom stereocenters. The van der Waals surface area contributed by atoms with Gasteiger partial charge in [0.15, 0.2) is 17.5 Å². The van der Waals surface area contributed by atoms with Crippen molar-refractivity contribution in [2.24, 2.45) is 5.41 Å². The molecule has 103 heavy (non-hydrogen) atoms. The number of nitriles is 2. The van der Waals surface area contributed by atoms with Crippen LogP contribution in [-0.2, 0) is 26.2 Å². The van der Waals surface area contributed by atoms with Crippen LogP contribution in [0.2, 0.25) is 0 Å². The largest absolute Gasteiger partial charge is 0.382 e. The third-order valence-electron chi connectivity index (χ3n) is 21.7. The number of fused-ring (bicyclic) bond motifs is 15. The maximum absolute atomic E-state index is 13.4. The molecule has 14 heterocycles. The average molecular weight is 1370 g/mol. The minimum atomic E-state index is -0.224. The third kappa shape index (κ3) is 12.8. The van der Waals surface area contributed by atoms with Crippen LogP contribution in [0.1, 0.15) is 79.1 Å². The molecule has 1 spiro atoms. The summed E-state index contributed by atoms with van der Waals surface area (Å²) >= 11 is 0. The first-order chi connectivity index (χ1) is 50.5. The van der Waals surface area contributed by atoms with Crippen molar-refractivity contribution in [1.82, 2.24) is 73.4 Å². The summed E-state index contributed by atoms with van der Waals surface area (Å²) in [5, 5.41) is 41.2. The number of nitrogens with one attached hydrogen (secondary N) is 4. The van der Waals surface area contributed by atoms with E-state index in [4.69, 9.17) is 20.5 Å². The molecule has 20 nitrogen and oxygen atoms in total. The lowest BCUT2D eigenvalue weighted by molar-refractivity contribution is 0.0424. The van der Waals surface area contributed by atoms with Gasteiger partial charge in [-0.3, -0.25) is 13.7 Å². The summed E-state index contributed by atoms with van der Waals surface area (Å²) in [5.41, 5.74) is 22.0. The standard InChI is InChI=1S/2C28H29N7.C26H25FN6/c1-30-15-25-16-32-28-27-13-21(20-4-2-19(14-29)3-5-20)17-34(27)18-22-12-24(6-7-26(22)35(25)28)33-23-8-10-31-11-9-23;1-2-11-30-24-9-12-33(13-10-24)25-7-8-26-23(14-25)18-34-17-22(21-5-3-20(16-29)4-6-21)15-27(34)28-32-31-19-35(26)28;1-30-15-26(16-30)8-10-31(17-26)24-7-6-22-21(29-24)14-32-13-19(18-2-4-20(27)5-3-18)12-23(32)25-28-9-11-33(22)25/h2-7,12-13,16-17,23,30-31,33H,8-11,15,18H2,1H3;3-8,14-15,17,19,24,30H,2,9-13,18H2,1H3;2-7,9,11-13H,8,10,14-17H2,1H3. The normalized spacial score (nSPS) is 16.2. The second kappa shape index (κ2) is 27.6. The Balaban J connectivity index is 0.000000115. The zero-order valence-corrected chi connectivity index (χ0v) is 58.4. The minimum Gasteiger partial charge on any atom is -0.382 e. The fourth-order valence-corrected chi connectivity index (χ4v) is 16.5. The van der Waals surface area contributed by atoms with Gasteiger partial charge in [-0.05, 0) is 203 Å². The highest BCUT2D eigenvalue weighted by atomic mass is 19.1. The first-order valence-corrected chi connectivity index (χ1v) is 36.2. The molecule has 0 amide bonds. The molecule has 0 atom stereocenters. The van der Waals surface area contributed by atoms with Crippen molar-refractivity contribution in [2.45, 2.75) is 83.7 Å². The number of nitrogens with zero attached hydrogens (tertiary/aromatic N) is 16. The van der Waals surface area contributed by atoms with Gasteiger partial charge >= 0.3 is 0 Å². The molecule has 5 aromatic carbocycles. The molecule has 7 aliphatic heterocycles. The van der Waals surface area contributed by atoms with E-state index in [0.717, 1.165) is 175 Å². The maximum Gasteiger partial charge on any atom is 0.185 e. The van der Waals surface area contributed by atoms with Gasteiger partial charge in [0.1, 0.15) is 18.0 Å². The fourth-order valence-electron chi connectivity index (χ4n) is 16.5. The van der Waals surface area contributed by atoms with Crippen LogP contribution in [0.4, 0.5) is 21.6 Å². The van der Waals surface area contributed by atoms with E-state index in [1.54, 1.807) is 0 Å². The molecule has 0 saturated carbocycles. The molecule has 12 aromatic rings. The predicted octanol–water partition coefficient (Wildman–Crippen LogP) is 12.8. The van der Waals surface area contributed by atoms with E-state index in [-0.39, 0.29) is 5.82 Å². The number of aromatic nitrogens is 11. The number of piperidine rings is 2. The van der Waals surface area contributed by atoms with Crippen LogP contribution in [0, 0.1) is 33.9 Å². The van der Waals surface area contributed by atoms with Crippen LogP contribution < -0.4 is 31.1 Å². The molecule has 21 heteroatoms. The molecule has 7 aliphatic rings. The zero-order chi connectivity index (χ0) is 69.7. The van der Waals surface area contributed by atoms with Crippen molar-refractivity contribution in [3.63, 3.8) is 0 Å². The van der Waals surface area contributed by atoms with Crippen molar-refractivity contribution in [3.8, 4) is 97.1 Å². The lowest BCUT2D eigenvalue weighted by Gasteiger charge is -2.46. The molecule has 4 saturated heterocycles. The van der Waals surface area contributed by atoms with E-state index in [1.165, 1.54) is 79.1 Å². The van der Waals surface area contributed by atoms with Crippen molar-refractivity contribution in [3.05, 3.63) is 222 Å².